The van der Waals surface area contributed by atoms with Crippen molar-refractivity contribution in [2.45, 2.75) is 39.7 Å². The fourth-order valence-corrected chi connectivity index (χ4v) is 3.45. The number of hydrogen-bond donors (Lipinski definition) is 2. The van der Waals surface area contributed by atoms with Crippen molar-refractivity contribution in [3.8, 4) is 5.95 Å². The van der Waals surface area contributed by atoms with E-state index in [1.165, 1.54) is 10.9 Å². The van der Waals surface area contributed by atoms with E-state index in [9.17, 15) is 9.59 Å². The summed E-state index contributed by atoms with van der Waals surface area (Å²) in [6.07, 6.45) is 4.02. The van der Waals surface area contributed by atoms with Crippen LogP contribution in [-0.2, 0) is 19.4 Å². The molecule has 0 atom stereocenters. The minimum Gasteiger partial charge on any atom is -0.348 e. The molecule has 2 aromatic heterocycles. The summed E-state index contributed by atoms with van der Waals surface area (Å²) in [6, 6.07) is 7.93. The second kappa shape index (κ2) is 6.83. The molecule has 3 aromatic rings. The largest absolute Gasteiger partial charge is 0.348 e. The van der Waals surface area contributed by atoms with Crippen LogP contribution in [0.3, 0.4) is 0 Å². The number of rotatable bonds is 4. The molecule has 1 aromatic carbocycles. The monoisotopic (exact) mass is 363 g/mol. The number of amides is 1. The fourth-order valence-electron chi connectivity index (χ4n) is 3.45. The predicted molar refractivity (Wildman–Crippen MR) is 101 cm³/mol. The van der Waals surface area contributed by atoms with Gasteiger partial charge < -0.3 is 5.32 Å². The predicted octanol–water partition coefficient (Wildman–Crippen LogP) is 1.99. The minimum atomic E-state index is -0.203. The number of carbonyl (C=O) groups excluding carboxylic acids is 1. The molecule has 4 rings (SSSR count). The van der Waals surface area contributed by atoms with Crippen molar-refractivity contribution in [3.05, 3.63) is 74.5 Å². The van der Waals surface area contributed by atoms with Gasteiger partial charge in [0.05, 0.1) is 23.1 Å². The van der Waals surface area contributed by atoms with Crippen LogP contribution in [0.4, 0.5) is 0 Å². The molecule has 1 aliphatic carbocycles. The van der Waals surface area contributed by atoms with Crippen molar-refractivity contribution in [2.24, 2.45) is 0 Å². The summed E-state index contributed by atoms with van der Waals surface area (Å²) in [7, 11) is 0. The Bertz CT molecular complexity index is 1080. The lowest BCUT2D eigenvalue weighted by Gasteiger charge is -2.08. The van der Waals surface area contributed by atoms with Crippen LogP contribution in [0.25, 0.3) is 5.95 Å². The van der Waals surface area contributed by atoms with Gasteiger partial charge in [0.1, 0.15) is 0 Å². The van der Waals surface area contributed by atoms with Crippen molar-refractivity contribution < 1.29 is 4.79 Å². The second-order valence-corrected chi connectivity index (χ2v) is 6.83. The number of aromatic amines is 1. The topological polar surface area (TPSA) is 92.7 Å². The number of nitrogens with zero attached hydrogens (tertiary/aromatic N) is 3. The molecule has 138 valence electrons. The highest BCUT2D eigenvalue weighted by atomic mass is 16.1. The molecule has 2 N–H and O–H groups in total. The summed E-state index contributed by atoms with van der Waals surface area (Å²) in [5.74, 6) is 0.154. The average molecular weight is 363 g/mol. The lowest BCUT2D eigenvalue weighted by Crippen LogP contribution is -2.24. The lowest BCUT2D eigenvalue weighted by atomic mass is 10.1. The molecule has 0 unspecified atom stereocenters. The Morgan fingerprint density at radius 1 is 1.26 bits per heavy atom. The van der Waals surface area contributed by atoms with Gasteiger partial charge in [-0.25, -0.2) is 9.67 Å². The van der Waals surface area contributed by atoms with Crippen LogP contribution in [0.5, 0.6) is 0 Å². The average Bonchev–Trinajstić information content (AvgIpc) is 3.27. The number of aromatic nitrogens is 4. The SMILES string of the molecule is Cc1ccccc1CNC(=O)c1cnn(-c2nc3c(c(=O)[nH]2)CCC3)c1C. The quantitative estimate of drug-likeness (QED) is 0.741. The van der Waals surface area contributed by atoms with E-state index in [0.717, 1.165) is 41.6 Å². The van der Waals surface area contributed by atoms with Crippen LogP contribution < -0.4 is 10.9 Å². The third-order valence-corrected chi connectivity index (χ3v) is 5.08. The van der Waals surface area contributed by atoms with Crippen LogP contribution in [-0.4, -0.2) is 25.7 Å². The minimum absolute atomic E-state index is 0.118. The zero-order chi connectivity index (χ0) is 19.0. The maximum Gasteiger partial charge on any atom is 0.255 e. The summed E-state index contributed by atoms with van der Waals surface area (Å²) in [6.45, 7) is 4.26. The molecule has 0 spiro atoms. The van der Waals surface area contributed by atoms with E-state index in [-0.39, 0.29) is 11.5 Å². The molecule has 0 bridgehead atoms. The Hall–Kier alpha value is -3.22. The van der Waals surface area contributed by atoms with Gasteiger partial charge in [0.15, 0.2) is 0 Å². The van der Waals surface area contributed by atoms with Gasteiger partial charge in [-0.1, -0.05) is 24.3 Å². The van der Waals surface area contributed by atoms with Gasteiger partial charge in [0, 0.05) is 12.1 Å². The Balaban J connectivity index is 1.57. The highest BCUT2D eigenvalue weighted by Crippen LogP contribution is 2.18. The highest BCUT2D eigenvalue weighted by Gasteiger charge is 2.20. The number of carbonyl (C=O) groups is 1. The number of fused-ring (bicyclic) bond motifs is 1. The molecule has 7 heteroatoms. The van der Waals surface area contributed by atoms with E-state index in [1.807, 2.05) is 31.2 Å². The maximum absolute atomic E-state index is 12.6. The van der Waals surface area contributed by atoms with Gasteiger partial charge in [0.25, 0.3) is 11.5 Å². The molecule has 2 heterocycles. The van der Waals surface area contributed by atoms with Crippen LogP contribution in [0, 0.1) is 13.8 Å². The standard InChI is InChI=1S/C20H21N5O2/c1-12-6-3-4-7-14(12)10-21-18(26)16-11-22-25(13(16)2)20-23-17-9-5-8-15(17)19(27)24-20/h3-4,6-7,11H,5,8-10H2,1-2H3,(H,21,26)(H,23,24,27). The van der Waals surface area contributed by atoms with Gasteiger partial charge in [-0.2, -0.15) is 5.10 Å². The Kier molecular flexibility index (Phi) is 4.35. The first-order valence-electron chi connectivity index (χ1n) is 9.04. The van der Waals surface area contributed by atoms with Crippen LogP contribution in [0.15, 0.2) is 35.3 Å². The Labute approximate surface area is 156 Å². The van der Waals surface area contributed by atoms with Crippen LogP contribution >= 0.6 is 0 Å². The first-order chi connectivity index (χ1) is 13.0. The number of hydrogen-bond acceptors (Lipinski definition) is 4. The first kappa shape index (κ1) is 17.2. The summed E-state index contributed by atoms with van der Waals surface area (Å²) < 4.78 is 1.52. The maximum atomic E-state index is 12.6. The number of aryl methyl sites for hydroxylation is 2. The Morgan fingerprint density at radius 2 is 2.07 bits per heavy atom. The van der Waals surface area contributed by atoms with E-state index in [4.69, 9.17) is 0 Å². The molecule has 0 saturated heterocycles. The molecule has 0 radical (unpaired) electrons. The summed E-state index contributed by atoms with van der Waals surface area (Å²) in [5.41, 5.74) is 4.78. The van der Waals surface area contributed by atoms with Crippen LogP contribution in [0.2, 0.25) is 0 Å². The third-order valence-electron chi connectivity index (χ3n) is 5.08. The van der Waals surface area contributed by atoms with Crippen LogP contribution in [0.1, 0.15) is 44.9 Å². The van der Waals surface area contributed by atoms with Gasteiger partial charge in [-0.05, 0) is 44.2 Å². The number of benzene rings is 1. The summed E-state index contributed by atoms with van der Waals surface area (Å²) >= 11 is 0. The van der Waals surface area contributed by atoms with Crippen molar-refractivity contribution in [3.63, 3.8) is 0 Å². The van der Waals surface area contributed by atoms with Gasteiger partial charge in [-0.15, -0.1) is 0 Å². The Morgan fingerprint density at radius 3 is 2.89 bits per heavy atom. The first-order valence-corrected chi connectivity index (χ1v) is 9.04. The third kappa shape index (κ3) is 3.16. The smallest absolute Gasteiger partial charge is 0.255 e. The molecular weight excluding hydrogens is 342 g/mol. The number of H-pyrrole nitrogens is 1. The lowest BCUT2D eigenvalue weighted by molar-refractivity contribution is 0.0950. The van der Waals surface area contributed by atoms with Crippen molar-refractivity contribution in [1.82, 2.24) is 25.1 Å². The summed E-state index contributed by atoms with van der Waals surface area (Å²) in [5, 5.41) is 7.20. The molecule has 1 aliphatic rings. The fraction of sp³-hybridized carbons (Fsp3) is 0.300. The van der Waals surface area contributed by atoms with Gasteiger partial charge in [-0.3, -0.25) is 14.6 Å². The zero-order valence-electron chi connectivity index (χ0n) is 15.4. The molecule has 27 heavy (non-hydrogen) atoms. The summed E-state index contributed by atoms with van der Waals surface area (Å²) in [4.78, 5) is 32.1. The molecule has 0 aliphatic heterocycles. The normalized spacial score (nSPS) is 12.8. The van der Waals surface area contributed by atoms with E-state index < -0.39 is 0 Å². The van der Waals surface area contributed by atoms with E-state index in [2.05, 4.69) is 20.4 Å². The van der Waals surface area contributed by atoms with Gasteiger partial charge in [0.2, 0.25) is 5.95 Å². The van der Waals surface area contributed by atoms with E-state index >= 15 is 0 Å². The van der Waals surface area contributed by atoms with Gasteiger partial charge >= 0.3 is 0 Å². The molecule has 7 nitrogen and oxygen atoms in total. The second-order valence-electron chi connectivity index (χ2n) is 6.83. The zero-order valence-corrected chi connectivity index (χ0v) is 15.4. The molecule has 0 fully saturated rings. The van der Waals surface area contributed by atoms with Crippen molar-refractivity contribution >= 4 is 5.91 Å². The van der Waals surface area contributed by atoms with E-state index in [0.29, 0.717) is 23.8 Å². The molecule has 0 saturated carbocycles. The van der Waals surface area contributed by atoms with Crippen molar-refractivity contribution in [1.29, 1.82) is 0 Å². The molecule has 1 amide bonds. The van der Waals surface area contributed by atoms with Crippen molar-refractivity contribution in [2.75, 3.05) is 0 Å². The molecular formula is C20H21N5O2. The highest BCUT2D eigenvalue weighted by molar-refractivity contribution is 5.95. The number of nitrogens with one attached hydrogen (secondary N) is 2. The van der Waals surface area contributed by atoms with E-state index in [1.54, 1.807) is 6.92 Å².